The van der Waals surface area contributed by atoms with Gasteiger partial charge in [0, 0.05) is 19.1 Å². The van der Waals surface area contributed by atoms with E-state index < -0.39 is 0 Å². The first-order valence-corrected chi connectivity index (χ1v) is 4.32. The summed E-state index contributed by atoms with van der Waals surface area (Å²) in [6, 6.07) is 4.90. The van der Waals surface area contributed by atoms with Crippen LogP contribution in [0.5, 0.6) is 0 Å². The third-order valence-electron chi connectivity index (χ3n) is 1.94. The van der Waals surface area contributed by atoms with Crippen molar-refractivity contribution in [2.75, 3.05) is 25.2 Å². The van der Waals surface area contributed by atoms with Crippen LogP contribution in [0.4, 0.5) is 11.4 Å². The molecule has 4 N–H and O–H groups in total. The molecule has 14 heavy (non-hydrogen) atoms. The summed E-state index contributed by atoms with van der Waals surface area (Å²) in [5.74, 6) is 0.0125. The molecule has 0 saturated carbocycles. The van der Waals surface area contributed by atoms with Crippen molar-refractivity contribution < 1.29 is 9.53 Å². The predicted octanol–water partition coefficient (Wildman–Crippen LogP) is 1.07. The minimum atomic E-state index is 0.0125. The van der Waals surface area contributed by atoms with Crippen LogP contribution < -0.4 is 11.5 Å². The Morgan fingerprint density at radius 3 is 2.64 bits per heavy atom. The Morgan fingerprint density at radius 2 is 2.07 bits per heavy atom. The zero-order valence-corrected chi connectivity index (χ0v) is 8.12. The van der Waals surface area contributed by atoms with E-state index in [9.17, 15) is 4.79 Å². The van der Waals surface area contributed by atoms with Gasteiger partial charge in [0.05, 0.1) is 18.0 Å². The second-order valence-corrected chi connectivity index (χ2v) is 3.01. The third kappa shape index (κ3) is 2.47. The number of rotatable bonds is 4. The standard InChI is InChI=1S/C10H14N2O2/c1-14-5-4-10(13)7-2-3-8(11)9(12)6-7/h2-3,6H,4-5,11-12H2,1H3. The highest BCUT2D eigenvalue weighted by atomic mass is 16.5. The lowest BCUT2D eigenvalue weighted by Gasteiger charge is -2.03. The van der Waals surface area contributed by atoms with Gasteiger partial charge in [-0.3, -0.25) is 4.79 Å². The van der Waals surface area contributed by atoms with E-state index in [1.54, 1.807) is 25.3 Å². The minimum Gasteiger partial charge on any atom is -0.397 e. The van der Waals surface area contributed by atoms with Crippen molar-refractivity contribution in [1.29, 1.82) is 0 Å². The number of carbonyl (C=O) groups is 1. The van der Waals surface area contributed by atoms with E-state index in [0.29, 0.717) is 30.0 Å². The molecule has 0 bridgehead atoms. The molecule has 4 heteroatoms. The first-order valence-electron chi connectivity index (χ1n) is 4.32. The number of nitrogen functional groups attached to an aromatic ring is 2. The molecule has 0 aliphatic heterocycles. The van der Waals surface area contributed by atoms with Crippen molar-refractivity contribution in [3.05, 3.63) is 23.8 Å². The fourth-order valence-electron chi connectivity index (χ4n) is 1.09. The molecular formula is C10H14N2O2. The van der Waals surface area contributed by atoms with Gasteiger partial charge in [-0.2, -0.15) is 0 Å². The van der Waals surface area contributed by atoms with Crippen LogP contribution in [0, 0.1) is 0 Å². The van der Waals surface area contributed by atoms with E-state index in [1.165, 1.54) is 0 Å². The highest BCUT2D eigenvalue weighted by Crippen LogP contribution is 2.16. The van der Waals surface area contributed by atoms with Crippen molar-refractivity contribution in [1.82, 2.24) is 0 Å². The topological polar surface area (TPSA) is 78.3 Å². The summed E-state index contributed by atoms with van der Waals surface area (Å²) in [4.78, 5) is 11.5. The highest BCUT2D eigenvalue weighted by molar-refractivity contribution is 5.97. The van der Waals surface area contributed by atoms with E-state index in [-0.39, 0.29) is 5.78 Å². The van der Waals surface area contributed by atoms with Gasteiger partial charge in [0.1, 0.15) is 0 Å². The van der Waals surface area contributed by atoms with E-state index >= 15 is 0 Å². The zero-order valence-electron chi connectivity index (χ0n) is 8.12. The van der Waals surface area contributed by atoms with Crippen molar-refractivity contribution in [2.45, 2.75) is 6.42 Å². The molecule has 76 valence electrons. The van der Waals surface area contributed by atoms with E-state index in [4.69, 9.17) is 16.2 Å². The molecule has 0 fully saturated rings. The van der Waals surface area contributed by atoms with Gasteiger partial charge in [-0.1, -0.05) is 0 Å². The lowest BCUT2D eigenvalue weighted by molar-refractivity contribution is 0.0932. The molecular weight excluding hydrogens is 180 g/mol. The van der Waals surface area contributed by atoms with Gasteiger partial charge in [-0.05, 0) is 18.2 Å². The van der Waals surface area contributed by atoms with Crippen LogP contribution in [0.1, 0.15) is 16.8 Å². The molecule has 4 nitrogen and oxygen atoms in total. The summed E-state index contributed by atoms with van der Waals surface area (Å²) in [5, 5.41) is 0. The molecule has 0 spiro atoms. The van der Waals surface area contributed by atoms with Crippen molar-refractivity contribution in [3.63, 3.8) is 0 Å². The van der Waals surface area contributed by atoms with Gasteiger partial charge in [0.2, 0.25) is 0 Å². The number of anilines is 2. The van der Waals surface area contributed by atoms with E-state index in [2.05, 4.69) is 0 Å². The van der Waals surface area contributed by atoms with Crippen LogP contribution in [0.25, 0.3) is 0 Å². The molecule has 0 unspecified atom stereocenters. The Labute approximate surface area is 82.8 Å². The number of carbonyl (C=O) groups excluding carboxylic acids is 1. The number of ether oxygens (including phenoxy) is 1. The Kier molecular flexibility index (Phi) is 3.48. The molecule has 0 aliphatic rings. The number of hydrogen-bond donors (Lipinski definition) is 2. The third-order valence-corrected chi connectivity index (χ3v) is 1.94. The van der Waals surface area contributed by atoms with Gasteiger partial charge in [-0.25, -0.2) is 0 Å². The Bertz CT molecular complexity index is 337. The van der Waals surface area contributed by atoms with Crippen molar-refractivity contribution in [3.8, 4) is 0 Å². The minimum absolute atomic E-state index is 0.0125. The van der Waals surface area contributed by atoms with Gasteiger partial charge in [0.25, 0.3) is 0 Å². The lowest BCUT2D eigenvalue weighted by Crippen LogP contribution is -2.05. The summed E-state index contributed by atoms with van der Waals surface area (Å²) < 4.78 is 4.81. The van der Waals surface area contributed by atoms with Gasteiger partial charge in [-0.15, -0.1) is 0 Å². The SMILES string of the molecule is COCCC(=O)c1ccc(N)c(N)c1. The maximum Gasteiger partial charge on any atom is 0.165 e. The Hall–Kier alpha value is -1.55. The van der Waals surface area contributed by atoms with Crippen LogP contribution in [-0.2, 0) is 4.74 Å². The fraction of sp³-hybridized carbons (Fsp3) is 0.300. The largest absolute Gasteiger partial charge is 0.397 e. The number of nitrogens with two attached hydrogens (primary N) is 2. The lowest BCUT2D eigenvalue weighted by atomic mass is 10.1. The first kappa shape index (κ1) is 10.5. The maximum absolute atomic E-state index is 11.5. The van der Waals surface area contributed by atoms with Crippen LogP contribution >= 0.6 is 0 Å². The number of Topliss-reactive ketones (excluding diaryl/α,β-unsaturated/α-hetero) is 1. The van der Waals surface area contributed by atoms with E-state index in [0.717, 1.165) is 0 Å². The van der Waals surface area contributed by atoms with Gasteiger partial charge in [0.15, 0.2) is 5.78 Å². The molecule has 0 atom stereocenters. The second kappa shape index (κ2) is 4.62. The normalized spacial score (nSPS) is 10.1. The van der Waals surface area contributed by atoms with Crippen LogP contribution in [-0.4, -0.2) is 19.5 Å². The Morgan fingerprint density at radius 1 is 1.36 bits per heavy atom. The predicted molar refractivity (Wildman–Crippen MR) is 56.1 cm³/mol. The maximum atomic E-state index is 11.5. The molecule has 0 aromatic heterocycles. The average molecular weight is 194 g/mol. The fourth-order valence-corrected chi connectivity index (χ4v) is 1.09. The Balaban J connectivity index is 2.76. The van der Waals surface area contributed by atoms with Gasteiger partial charge >= 0.3 is 0 Å². The summed E-state index contributed by atoms with van der Waals surface area (Å²) in [5.41, 5.74) is 12.6. The average Bonchev–Trinajstić information content (AvgIpc) is 2.18. The molecule has 0 saturated heterocycles. The first-order chi connectivity index (χ1) is 6.65. The zero-order chi connectivity index (χ0) is 10.6. The summed E-state index contributed by atoms with van der Waals surface area (Å²) in [7, 11) is 1.56. The van der Waals surface area contributed by atoms with Crippen LogP contribution in [0.15, 0.2) is 18.2 Å². The monoisotopic (exact) mass is 194 g/mol. The highest BCUT2D eigenvalue weighted by Gasteiger charge is 2.06. The molecule has 1 aromatic carbocycles. The van der Waals surface area contributed by atoms with Crippen LogP contribution in [0.3, 0.4) is 0 Å². The summed E-state index contributed by atoms with van der Waals surface area (Å²) in [6.07, 6.45) is 0.361. The number of hydrogen-bond acceptors (Lipinski definition) is 4. The second-order valence-electron chi connectivity index (χ2n) is 3.01. The summed E-state index contributed by atoms with van der Waals surface area (Å²) in [6.45, 7) is 0.420. The molecule has 1 rings (SSSR count). The van der Waals surface area contributed by atoms with Crippen molar-refractivity contribution in [2.24, 2.45) is 0 Å². The van der Waals surface area contributed by atoms with E-state index in [1.807, 2.05) is 0 Å². The molecule has 0 radical (unpaired) electrons. The number of methoxy groups -OCH3 is 1. The van der Waals surface area contributed by atoms with Gasteiger partial charge < -0.3 is 16.2 Å². The molecule has 0 heterocycles. The number of ketones is 1. The molecule has 0 aliphatic carbocycles. The molecule has 0 amide bonds. The summed E-state index contributed by atoms with van der Waals surface area (Å²) >= 11 is 0. The number of benzene rings is 1. The smallest absolute Gasteiger partial charge is 0.165 e. The molecule has 1 aromatic rings. The van der Waals surface area contributed by atoms with Crippen molar-refractivity contribution >= 4 is 17.2 Å². The van der Waals surface area contributed by atoms with Crippen LogP contribution in [0.2, 0.25) is 0 Å². The quantitative estimate of drug-likeness (QED) is 0.555.